The van der Waals surface area contributed by atoms with E-state index in [1.54, 1.807) is 11.6 Å². The Labute approximate surface area is 78.6 Å². The van der Waals surface area contributed by atoms with E-state index in [4.69, 9.17) is 0 Å². The molecule has 1 N–H and O–H groups in total. The molecular formula is C9H17N3O. The van der Waals surface area contributed by atoms with Crippen molar-refractivity contribution in [2.45, 2.75) is 39.8 Å². The van der Waals surface area contributed by atoms with Crippen molar-refractivity contribution in [1.82, 2.24) is 15.0 Å². The Hall–Kier alpha value is -0.900. The van der Waals surface area contributed by atoms with Crippen molar-refractivity contribution >= 4 is 0 Å². The first-order valence-electron chi connectivity index (χ1n) is 4.70. The first kappa shape index (κ1) is 10.2. The van der Waals surface area contributed by atoms with Crippen LogP contribution in [0.15, 0.2) is 6.20 Å². The molecule has 1 aromatic rings. The second kappa shape index (κ2) is 4.37. The van der Waals surface area contributed by atoms with Crippen LogP contribution in [-0.4, -0.2) is 26.2 Å². The largest absolute Gasteiger partial charge is 0.393 e. The smallest absolute Gasteiger partial charge is 0.0830 e. The van der Waals surface area contributed by atoms with E-state index >= 15 is 0 Å². The lowest BCUT2D eigenvalue weighted by Gasteiger charge is -2.11. The van der Waals surface area contributed by atoms with Gasteiger partial charge in [0, 0.05) is 12.7 Å². The lowest BCUT2D eigenvalue weighted by atomic mass is 10.0. The van der Waals surface area contributed by atoms with E-state index in [2.05, 4.69) is 10.3 Å². The highest BCUT2D eigenvalue weighted by Crippen LogP contribution is 2.09. The Morgan fingerprint density at radius 2 is 2.23 bits per heavy atom. The number of hydrogen-bond donors (Lipinski definition) is 1. The zero-order chi connectivity index (χ0) is 9.84. The molecule has 0 aliphatic heterocycles. The van der Waals surface area contributed by atoms with E-state index in [1.165, 1.54) is 0 Å². The van der Waals surface area contributed by atoms with E-state index in [-0.39, 0.29) is 12.0 Å². The van der Waals surface area contributed by atoms with Crippen molar-refractivity contribution in [3.8, 4) is 0 Å². The van der Waals surface area contributed by atoms with Gasteiger partial charge in [-0.2, -0.15) is 0 Å². The standard InChI is InChI=1S/C9H17N3O/c1-4-12-6-9(10-11-12)5-7(2)8(3)13/h6-8,13H,4-5H2,1-3H3. The lowest BCUT2D eigenvalue weighted by molar-refractivity contribution is 0.134. The van der Waals surface area contributed by atoms with Gasteiger partial charge in [0.05, 0.1) is 11.8 Å². The molecule has 0 spiro atoms. The van der Waals surface area contributed by atoms with Crippen LogP contribution in [0, 0.1) is 5.92 Å². The highest BCUT2D eigenvalue weighted by Gasteiger charge is 2.11. The van der Waals surface area contributed by atoms with Crippen LogP contribution in [0.2, 0.25) is 0 Å². The Bertz CT molecular complexity index is 257. The third kappa shape index (κ3) is 2.81. The second-order valence-corrected chi connectivity index (χ2v) is 3.49. The number of nitrogens with zero attached hydrogens (tertiary/aromatic N) is 3. The Morgan fingerprint density at radius 3 is 2.69 bits per heavy atom. The van der Waals surface area contributed by atoms with Gasteiger partial charge in [0.15, 0.2) is 0 Å². The van der Waals surface area contributed by atoms with Crippen molar-refractivity contribution in [3.63, 3.8) is 0 Å². The molecule has 2 atom stereocenters. The summed E-state index contributed by atoms with van der Waals surface area (Å²) in [6.45, 7) is 6.68. The number of aryl methyl sites for hydroxylation is 1. The Morgan fingerprint density at radius 1 is 1.54 bits per heavy atom. The van der Waals surface area contributed by atoms with Gasteiger partial charge >= 0.3 is 0 Å². The molecule has 0 saturated heterocycles. The Balaban J connectivity index is 2.53. The number of aliphatic hydroxyl groups excluding tert-OH is 1. The van der Waals surface area contributed by atoms with E-state index in [1.807, 2.05) is 20.0 Å². The topological polar surface area (TPSA) is 50.9 Å². The van der Waals surface area contributed by atoms with Crippen LogP contribution in [-0.2, 0) is 13.0 Å². The summed E-state index contributed by atoms with van der Waals surface area (Å²) in [4.78, 5) is 0. The van der Waals surface area contributed by atoms with Crippen LogP contribution in [0.4, 0.5) is 0 Å². The van der Waals surface area contributed by atoms with Crippen LogP contribution in [0.5, 0.6) is 0 Å². The maximum Gasteiger partial charge on any atom is 0.0830 e. The summed E-state index contributed by atoms with van der Waals surface area (Å²) in [6, 6.07) is 0. The molecule has 0 fully saturated rings. The van der Waals surface area contributed by atoms with Crippen LogP contribution in [0.3, 0.4) is 0 Å². The minimum atomic E-state index is -0.285. The van der Waals surface area contributed by atoms with Gasteiger partial charge in [-0.15, -0.1) is 5.10 Å². The highest BCUT2D eigenvalue weighted by molar-refractivity contribution is 4.94. The average Bonchev–Trinajstić information content (AvgIpc) is 2.52. The van der Waals surface area contributed by atoms with Gasteiger partial charge in [0.1, 0.15) is 0 Å². The number of aromatic nitrogens is 3. The van der Waals surface area contributed by atoms with Crippen molar-refractivity contribution < 1.29 is 5.11 Å². The third-order valence-electron chi connectivity index (χ3n) is 2.26. The first-order valence-corrected chi connectivity index (χ1v) is 4.70. The van der Waals surface area contributed by atoms with Crippen LogP contribution >= 0.6 is 0 Å². The number of hydrogen-bond acceptors (Lipinski definition) is 3. The molecule has 0 saturated carbocycles. The first-order chi connectivity index (χ1) is 6.13. The lowest BCUT2D eigenvalue weighted by Crippen LogP contribution is -2.15. The zero-order valence-corrected chi connectivity index (χ0v) is 8.44. The number of rotatable bonds is 4. The molecule has 1 aromatic heterocycles. The molecule has 0 amide bonds. The SMILES string of the molecule is CCn1cc(CC(C)C(C)O)nn1. The van der Waals surface area contributed by atoms with Crippen LogP contribution in [0.25, 0.3) is 0 Å². The summed E-state index contributed by atoms with van der Waals surface area (Å²) in [6.07, 6.45) is 2.43. The summed E-state index contributed by atoms with van der Waals surface area (Å²) in [5.74, 6) is 0.238. The quantitative estimate of drug-likeness (QED) is 0.753. The molecule has 2 unspecified atom stereocenters. The van der Waals surface area contributed by atoms with Crippen molar-refractivity contribution in [3.05, 3.63) is 11.9 Å². The fourth-order valence-electron chi connectivity index (χ4n) is 1.09. The summed E-state index contributed by atoms with van der Waals surface area (Å²) in [7, 11) is 0. The minimum Gasteiger partial charge on any atom is -0.393 e. The maximum absolute atomic E-state index is 9.29. The monoisotopic (exact) mass is 183 g/mol. The molecule has 13 heavy (non-hydrogen) atoms. The van der Waals surface area contributed by atoms with Crippen LogP contribution < -0.4 is 0 Å². The van der Waals surface area contributed by atoms with Crippen molar-refractivity contribution in [2.75, 3.05) is 0 Å². The predicted octanol–water partition coefficient (Wildman–Crippen LogP) is 0.857. The molecule has 0 radical (unpaired) electrons. The molecule has 0 bridgehead atoms. The number of aliphatic hydroxyl groups is 1. The van der Waals surface area contributed by atoms with Gasteiger partial charge in [-0.25, -0.2) is 0 Å². The summed E-state index contributed by atoms with van der Waals surface area (Å²) in [5.41, 5.74) is 0.954. The van der Waals surface area contributed by atoms with Gasteiger partial charge in [-0.1, -0.05) is 12.1 Å². The summed E-state index contributed by atoms with van der Waals surface area (Å²) >= 11 is 0. The van der Waals surface area contributed by atoms with Gasteiger partial charge in [-0.3, -0.25) is 4.68 Å². The minimum absolute atomic E-state index is 0.238. The van der Waals surface area contributed by atoms with Crippen molar-refractivity contribution in [2.24, 2.45) is 5.92 Å². The molecule has 4 heteroatoms. The molecule has 0 aliphatic rings. The zero-order valence-electron chi connectivity index (χ0n) is 8.44. The van der Waals surface area contributed by atoms with Gasteiger partial charge < -0.3 is 5.11 Å². The van der Waals surface area contributed by atoms with Crippen LogP contribution in [0.1, 0.15) is 26.5 Å². The molecule has 74 valence electrons. The van der Waals surface area contributed by atoms with Gasteiger partial charge in [-0.05, 0) is 26.2 Å². The molecule has 1 rings (SSSR count). The molecule has 0 aliphatic carbocycles. The van der Waals surface area contributed by atoms with E-state index in [0.717, 1.165) is 18.7 Å². The van der Waals surface area contributed by atoms with Crippen molar-refractivity contribution in [1.29, 1.82) is 0 Å². The molecular weight excluding hydrogens is 166 g/mol. The normalized spacial score (nSPS) is 15.7. The second-order valence-electron chi connectivity index (χ2n) is 3.49. The molecule has 0 aromatic carbocycles. The highest BCUT2D eigenvalue weighted by atomic mass is 16.3. The van der Waals surface area contributed by atoms with E-state index < -0.39 is 0 Å². The Kier molecular flexibility index (Phi) is 3.42. The maximum atomic E-state index is 9.29. The predicted molar refractivity (Wildman–Crippen MR) is 50.2 cm³/mol. The summed E-state index contributed by atoms with van der Waals surface area (Å²) < 4.78 is 1.80. The molecule has 4 nitrogen and oxygen atoms in total. The average molecular weight is 183 g/mol. The van der Waals surface area contributed by atoms with E-state index in [0.29, 0.717) is 0 Å². The summed E-state index contributed by atoms with van der Waals surface area (Å²) in [5, 5.41) is 17.2. The molecule has 1 heterocycles. The fraction of sp³-hybridized carbons (Fsp3) is 0.778. The van der Waals surface area contributed by atoms with Gasteiger partial charge in [0.25, 0.3) is 0 Å². The van der Waals surface area contributed by atoms with Gasteiger partial charge in [0.2, 0.25) is 0 Å². The fourth-order valence-corrected chi connectivity index (χ4v) is 1.09. The third-order valence-corrected chi connectivity index (χ3v) is 2.26. The van der Waals surface area contributed by atoms with E-state index in [9.17, 15) is 5.11 Å².